The van der Waals surface area contributed by atoms with Crippen molar-refractivity contribution in [3.05, 3.63) is 18.1 Å². The number of rotatable bonds is 4. The average Bonchev–Trinajstić information content (AvgIpc) is 2.54. The van der Waals surface area contributed by atoms with Crippen LogP contribution in [0.1, 0.15) is 17.5 Å². The zero-order chi connectivity index (χ0) is 15.2. The summed E-state index contributed by atoms with van der Waals surface area (Å²) in [4.78, 5) is 33.6. The van der Waals surface area contributed by atoms with Gasteiger partial charge in [-0.2, -0.15) is 0 Å². The minimum absolute atomic E-state index is 0.0109. The molecule has 1 amide bonds. The Morgan fingerprint density at radius 2 is 2.38 bits per heavy atom. The van der Waals surface area contributed by atoms with Crippen LogP contribution < -0.4 is 15.5 Å². The number of carbonyl (C=O) groups excluding carboxylic acids is 2. The van der Waals surface area contributed by atoms with Crippen LogP contribution in [0.4, 0.5) is 5.82 Å². The van der Waals surface area contributed by atoms with Gasteiger partial charge in [-0.1, -0.05) is 0 Å². The molecule has 0 spiro atoms. The van der Waals surface area contributed by atoms with Gasteiger partial charge in [0.1, 0.15) is 11.9 Å². The van der Waals surface area contributed by atoms with Gasteiger partial charge in [0, 0.05) is 32.4 Å². The molecule has 8 heteroatoms. The van der Waals surface area contributed by atoms with Crippen LogP contribution in [0.2, 0.25) is 0 Å². The Hall–Kier alpha value is -2.22. The number of anilines is 1. The topological polar surface area (TPSA) is 96.5 Å². The highest BCUT2D eigenvalue weighted by Crippen LogP contribution is 2.15. The third-order valence-electron chi connectivity index (χ3n) is 3.20. The molecule has 1 unspecified atom stereocenters. The Labute approximate surface area is 122 Å². The number of ether oxygens (including phenoxy) is 1. The average molecular weight is 293 g/mol. The summed E-state index contributed by atoms with van der Waals surface area (Å²) in [6.45, 7) is 4.34. The molecule has 0 radical (unpaired) electrons. The van der Waals surface area contributed by atoms with E-state index in [0.717, 1.165) is 6.54 Å². The van der Waals surface area contributed by atoms with Crippen molar-refractivity contribution >= 4 is 17.7 Å². The number of aromatic nitrogens is 2. The monoisotopic (exact) mass is 293 g/mol. The first-order valence-electron chi connectivity index (χ1n) is 6.83. The molecule has 0 saturated carbocycles. The van der Waals surface area contributed by atoms with Gasteiger partial charge in [0.25, 0.3) is 0 Å². The summed E-state index contributed by atoms with van der Waals surface area (Å²) >= 11 is 0. The highest BCUT2D eigenvalue weighted by atomic mass is 16.5. The Balaban J connectivity index is 2.24. The fraction of sp³-hybridized carbons (Fsp3) is 0.538. The van der Waals surface area contributed by atoms with Gasteiger partial charge in [-0.15, -0.1) is 0 Å². The van der Waals surface area contributed by atoms with Crippen molar-refractivity contribution in [2.24, 2.45) is 0 Å². The van der Waals surface area contributed by atoms with Gasteiger partial charge in [0.2, 0.25) is 11.7 Å². The van der Waals surface area contributed by atoms with Crippen molar-refractivity contribution in [2.45, 2.75) is 13.0 Å². The molecule has 0 bridgehead atoms. The lowest BCUT2D eigenvalue weighted by Crippen LogP contribution is -2.58. The second-order valence-electron chi connectivity index (χ2n) is 4.54. The lowest BCUT2D eigenvalue weighted by atomic mass is 10.1. The van der Waals surface area contributed by atoms with Gasteiger partial charge in [-0.05, 0) is 13.0 Å². The molecule has 21 heavy (non-hydrogen) atoms. The molecule has 1 aromatic rings. The molecule has 1 aliphatic heterocycles. The van der Waals surface area contributed by atoms with E-state index >= 15 is 0 Å². The molecule has 0 aliphatic carbocycles. The minimum atomic E-state index is -0.596. The van der Waals surface area contributed by atoms with Crippen molar-refractivity contribution in [2.75, 3.05) is 38.2 Å². The highest BCUT2D eigenvalue weighted by Gasteiger charge is 2.29. The van der Waals surface area contributed by atoms with Gasteiger partial charge in [-0.3, -0.25) is 4.79 Å². The van der Waals surface area contributed by atoms with Crippen LogP contribution >= 0.6 is 0 Å². The molecular weight excluding hydrogens is 274 g/mol. The predicted molar refractivity (Wildman–Crippen MR) is 76.1 cm³/mol. The number of methoxy groups -OCH3 is 1. The number of piperazine rings is 1. The summed E-state index contributed by atoms with van der Waals surface area (Å²) in [5.41, 5.74) is 0. The van der Waals surface area contributed by atoms with E-state index in [4.69, 9.17) is 0 Å². The van der Waals surface area contributed by atoms with Crippen molar-refractivity contribution in [3.8, 4) is 0 Å². The molecule has 1 saturated heterocycles. The third-order valence-corrected chi connectivity index (χ3v) is 3.20. The molecular formula is C13H19N5O3. The largest absolute Gasteiger partial charge is 0.463 e. The zero-order valence-electron chi connectivity index (χ0n) is 12.1. The Morgan fingerprint density at radius 3 is 3.10 bits per heavy atom. The molecule has 114 valence electrons. The number of nitrogens with zero attached hydrogens (tertiary/aromatic N) is 3. The standard InChI is InChI=1S/C13H19N5O3/c1-3-15-12(19)9-8-14-6-7-18(9)10-4-5-16-11(17-10)13(20)21-2/h4-5,9,14H,3,6-8H2,1-2H3,(H,15,19). The highest BCUT2D eigenvalue weighted by molar-refractivity contribution is 5.87. The summed E-state index contributed by atoms with van der Waals surface area (Å²) in [7, 11) is 1.28. The maximum Gasteiger partial charge on any atom is 0.376 e. The molecule has 1 aromatic heterocycles. The molecule has 2 N–H and O–H groups in total. The van der Waals surface area contributed by atoms with Crippen molar-refractivity contribution < 1.29 is 14.3 Å². The van der Waals surface area contributed by atoms with Crippen molar-refractivity contribution in [1.82, 2.24) is 20.6 Å². The molecule has 1 atom stereocenters. The van der Waals surface area contributed by atoms with Gasteiger partial charge < -0.3 is 20.3 Å². The SMILES string of the molecule is CCNC(=O)C1CNCCN1c1ccnc(C(=O)OC)n1. The lowest BCUT2D eigenvalue weighted by molar-refractivity contribution is -0.122. The number of carbonyl (C=O) groups is 2. The quantitative estimate of drug-likeness (QED) is 0.700. The van der Waals surface area contributed by atoms with Crippen LogP contribution in [0.5, 0.6) is 0 Å². The van der Waals surface area contributed by atoms with Gasteiger partial charge in [0.05, 0.1) is 7.11 Å². The van der Waals surface area contributed by atoms with Crippen LogP contribution in [0.3, 0.4) is 0 Å². The van der Waals surface area contributed by atoms with Crippen LogP contribution in [0, 0.1) is 0 Å². The maximum absolute atomic E-state index is 12.1. The van der Waals surface area contributed by atoms with Crippen molar-refractivity contribution in [3.63, 3.8) is 0 Å². The van der Waals surface area contributed by atoms with Crippen LogP contribution in [0.25, 0.3) is 0 Å². The Morgan fingerprint density at radius 1 is 1.57 bits per heavy atom. The van der Waals surface area contributed by atoms with Crippen LogP contribution in [-0.2, 0) is 9.53 Å². The second-order valence-corrected chi connectivity index (χ2v) is 4.54. The fourth-order valence-electron chi connectivity index (χ4n) is 2.20. The summed E-state index contributed by atoms with van der Waals surface area (Å²) in [5.74, 6) is -0.129. The first-order valence-corrected chi connectivity index (χ1v) is 6.83. The fourth-order valence-corrected chi connectivity index (χ4v) is 2.20. The summed E-state index contributed by atoms with van der Waals surface area (Å²) in [5, 5.41) is 5.99. The van der Waals surface area contributed by atoms with E-state index in [1.54, 1.807) is 6.07 Å². The van der Waals surface area contributed by atoms with Gasteiger partial charge in [0.15, 0.2) is 0 Å². The maximum atomic E-state index is 12.1. The predicted octanol–water partition coefficient (Wildman–Crippen LogP) is -0.822. The van der Waals surface area contributed by atoms with E-state index in [-0.39, 0.29) is 17.8 Å². The van der Waals surface area contributed by atoms with Gasteiger partial charge >= 0.3 is 5.97 Å². The Kier molecular flexibility index (Phi) is 5.04. The summed E-state index contributed by atoms with van der Waals surface area (Å²) in [6.07, 6.45) is 1.49. The Bertz CT molecular complexity index is 522. The van der Waals surface area contributed by atoms with E-state index < -0.39 is 5.97 Å². The lowest BCUT2D eigenvalue weighted by Gasteiger charge is -2.35. The molecule has 2 heterocycles. The molecule has 1 aliphatic rings. The van der Waals surface area contributed by atoms with Crippen LogP contribution in [-0.4, -0.2) is 61.2 Å². The number of hydrogen-bond acceptors (Lipinski definition) is 7. The smallest absolute Gasteiger partial charge is 0.376 e. The molecule has 1 fully saturated rings. The molecule has 0 aromatic carbocycles. The van der Waals surface area contributed by atoms with Crippen molar-refractivity contribution in [1.29, 1.82) is 0 Å². The zero-order valence-corrected chi connectivity index (χ0v) is 12.1. The van der Waals surface area contributed by atoms with E-state index in [1.165, 1.54) is 13.3 Å². The van der Waals surface area contributed by atoms with Gasteiger partial charge in [-0.25, -0.2) is 14.8 Å². The first-order chi connectivity index (χ1) is 10.2. The first kappa shape index (κ1) is 15.2. The van der Waals surface area contributed by atoms with E-state index in [0.29, 0.717) is 25.5 Å². The number of likely N-dealkylation sites (N-methyl/N-ethyl adjacent to an activating group) is 1. The number of esters is 1. The van der Waals surface area contributed by atoms with Crippen LogP contribution in [0.15, 0.2) is 12.3 Å². The van der Waals surface area contributed by atoms with E-state index in [9.17, 15) is 9.59 Å². The second kappa shape index (κ2) is 6.98. The number of hydrogen-bond donors (Lipinski definition) is 2. The molecule has 2 rings (SSSR count). The third kappa shape index (κ3) is 3.46. The number of nitrogens with one attached hydrogen (secondary N) is 2. The van der Waals surface area contributed by atoms with E-state index in [2.05, 4.69) is 25.3 Å². The normalized spacial score (nSPS) is 18.2. The molecule has 8 nitrogen and oxygen atoms in total. The van der Waals surface area contributed by atoms with E-state index in [1.807, 2.05) is 11.8 Å². The minimum Gasteiger partial charge on any atom is -0.463 e. The summed E-state index contributed by atoms with van der Waals surface area (Å²) in [6, 6.07) is 1.32. The number of amides is 1. The summed E-state index contributed by atoms with van der Waals surface area (Å²) < 4.78 is 4.62.